The van der Waals surface area contributed by atoms with Gasteiger partial charge in [-0.2, -0.15) is 0 Å². The summed E-state index contributed by atoms with van der Waals surface area (Å²) < 4.78 is 26.9. The molecule has 1 amide bonds. The van der Waals surface area contributed by atoms with Gasteiger partial charge in [0, 0.05) is 41.8 Å². The van der Waals surface area contributed by atoms with Gasteiger partial charge in [0.25, 0.3) is 5.91 Å². The maximum absolute atomic E-state index is 13.9. The predicted octanol–water partition coefficient (Wildman–Crippen LogP) is 4.68. The number of H-pyrrole nitrogens is 1. The summed E-state index contributed by atoms with van der Waals surface area (Å²) in [5, 5.41) is 1.17. The minimum absolute atomic E-state index is 0.0917. The highest BCUT2D eigenvalue weighted by atomic mass is 19.1. The van der Waals surface area contributed by atoms with E-state index >= 15 is 0 Å². The van der Waals surface area contributed by atoms with Crippen molar-refractivity contribution in [2.45, 2.75) is 13.3 Å². The Morgan fingerprint density at radius 3 is 2.77 bits per heavy atom. The zero-order valence-electron chi connectivity index (χ0n) is 14.4. The molecule has 0 aliphatic carbocycles. The molecule has 1 N–H and O–H groups in total. The maximum atomic E-state index is 13.9. The van der Waals surface area contributed by atoms with E-state index in [2.05, 4.69) is 24.0 Å². The smallest absolute Gasteiger partial charge is 0.257 e. The Morgan fingerprint density at radius 1 is 1.19 bits per heavy atom. The molecule has 0 atom stereocenters. The number of amides is 1. The zero-order valence-corrected chi connectivity index (χ0v) is 14.4. The third-order valence-corrected chi connectivity index (χ3v) is 4.93. The first-order valence-corrected chi connectivity index (χ1v) is 8.55. The lowest BCUT2D eigenvalue weighted by Crippen LogP contribution is -2.35. The van der Waals surface area contributed by atoms with Gasteiger partial charge < -0.3 is 9.88 Å². The summed E-state index contributed by atoms with van der Waals surface area (Å²) in [7, 11) is 0. The minimum Gasteiger partial charge on any atom is -0.360 e. The maximum Gasteiger partial charge on any atom is 0.257 e. The molecule has 0 saturated carbocycles. The fraction of sp³-hybridized carbons (Fsp3) is 0.190. The van der Waals surface area contributed by atoms with E-state index in [-0.39, 0.29) is 5.56 Å². The van der Waals surface area contributed by atoms with Crippen molar-refractivity contribution >= 4 is 22.4 Å². The normalized spacial score (nSPS) is 14.6. The molecule has 4 rings (SSSR count). The molecule has 3 nitrogen and oxygen atoms in total. The molecular formula is C21H18F2N2O. The number of fused-ring (bicyclic) bond motifs is 1. The average molecular weight is 352 g/mol. The molecule has 0 unspecified atom stereocenters. The second kappa shape index (κ2) is 6.41. The number of para-hydroxylation sites is 1. The molecule has 1 aromatic heterocycles. The van der Waals surface area contributed by atoms with Crippen molar-refractivity contribution in [3.63, 3.8) is 0 Å². The van der Waals surface area contributed by atoms with E-state index in [1.54, 1.807) is 4.90 Å². The highest BCUT2D eigenvalue weighted by Gasteiger charge is 2.23. The number of aryl methyl sites for hydroxylation is 1. The number of carbonyl (C=O) groups excluding carboxylic acids is 1. The van der Waals surface area contributed by atoms with Gasteiger partial charge >= 0.3 is 0 Å². The molecule has 26 heavy (non-hydrogen) atoms. The van der Waals surface area contributed by atoms with Crippen LogP contribution in [0.4, 0.5) is 8.78 Å². The predicted molar refractivity (Wildman–Crippen MR) is 97.9 cm³/mol. The van der Waals surface area contributed by atoms with Crippen LogP contribution in [-0.4, -0.2) is 28.9 Å². The summed E-state index contributed by atoms with van der Waals surface area (Å²) in [5.41, 5.74) is 4.53. The molecule has 0 saturated heterocycles. The van der Waals surface area contributed by atoms with Gasteiger partial charge in [-0.25, -0.2) is 8.78 Å². The first-order valence-electron chi connectivity index (χ1n) is 8.55. The molecular weight excluding hydrogens is 334 g/mol. The first-order chi connectivity index (χ1) is 12.5. The number of hydrogen-bond donors (Lipinski definition) is 1. The zero-order chi connectivity index (χ0) is 18.3. The third-order valence-electron chi connectivity index (χ3n) is 4.93. The number of carbonyl (C=O) groups is 1. The minimum atomic E-state index is -0.822. The molecule has 132 valence electrons. The van der Waals surface area contributed by atoms with Crippen LogP contribution in [0.15, 0.2) is 48.7 Å². The van der Waals surface area contributed by atoms with E-state index in [1.807, 2.05) is 18.3 Å². The van der Waals surface area contributed by atoms with Crippen LogP contribution in [0.25, 0.3) is 16.5 Å². The van der Waals surface area contributed by atoms with Gasteiger partial charge in [0.05, 0.1) is 5.56 Å². The van der Waals surface area contributed by atoms with Gasteiger partial charge in [-0.1, -0.05) is 24.3 Å². The van der Waals surface area contributed by atoms with Gasteiger partial charge in [-0.15, -0.1) is 0 Å². The lowest BCUT2D eigenvalue weighted by molar-refractivity contribution is 0.0768. The third kappa shape index (κ3) is 2.79. The summed E-state index contributed by atoms with van der Waals surface area (Å²) in [5.74, 6) is -1.92. The monoisotopic (exact) mass is 352 g/mol. The Bertz CT molecular complexity index is 1040. The van der Waals surface area contributed by atoms with Crippen LogP contribution in [0.3, 0.4) is 0 Å². The van der Waals surface area contributed by atoms with Gasteiger partial charge in [-0.05, 0) is 36.6 Å². The van der Waals surface area contributed by atoms with E-state index < -0.39 is 17.5 Å². The van der Waals surface area contributed by atoms with E-state index in [0.29, 0.717) is 19.5 Å². The van der Waals surface area contributed by atoms with Gasteiger partial charge in [0.1, 0.15) is 11.6 Å². The standard InChI is InChI=1S/C21H18F2N2O/c1-13-3-2-4-16-18(12-24-20(13)16)14-7-9-25(10-8-14)21(26)17-6-5-15(22)11-19(17)23/h2-7,11-12,24H,8-10H2,1H3. The number of nitrogens with zero attached hydrogens (tertiary/aromatic N) is 1. The van der Waals surface area contributed by atoms with Crippen molar-refractivity contribution in [3.8, 4) is 0 Å². The summed E-state index contributed by atoms with van der Waals surface area (Å²) >= 11 is 0. The lowest BCUT2D eigenvalue weighted by atomic mass is 9.98. The largest absolute Gasteiger partial charge is 0.360 e. The van der Waals surface area contributed by atoms with Gasteiger partial charge in [-0.3, -0.25) is 4.79 Å². The van der Waals surface area contributed by atoms with Crippen LogP contribution in [0.1, 0.15) is 27.9 Å². The van der Waals surface area contributed by atoms with Gasteiger partial charge in [0.15, 0.2) is 0 Å². The number of aromatic amines is 1. The molecule has 1 aliphatic rings. The number of aromatic nitrogens is 1. The SMILES string of the molecule is Cc1cccc2c(C3=CCN(C(=O)c4ccc(F)cc4F)CC3)c[nH]c12. The Morgan fingerprint density at radius 2 is 2.04 bits per heavy atom. The number of rotatable bonds is 2. The Balaban J connectivity index is 1.58. The molecule has 0 bridgehead atoms. The molecule has 5 heteroatoms. The highest BCUT2D eigenvalue weighted by molar-refractivity contribution is 5.97. The molecule has 3 aromatic rings. The van der Waals surface area contributed by atoms with Crippen LogP contribution in [-0.2, 0) is 0 Å². The van der Waals surface area contributed by atoms with Crippen LogP contribution in [0, 0.1) is 18.6 Å². The number of nitrogens with one attached hydrogen (secondary N) is 1. The molecule has 0 fully saturated rings. The molecule has 2 aromatic carbocycles. The van der Waals surface area contributed by atoms with E-state index in [9.17, 15) is 13.6 Å². The first kappa shape index (κ1) is 16.5. The second-order valence-electron chi connectivity index (χ2n) is 6.55. The molecule has 2 heterocycles. The van der Waals surface area contributed by atoms with E-state index in [4.69, 9.17) is 0 Å². The summed E-state index contributed by atoms with van der Waals surface area (Å²) in [6, 6.07) is 9.23. The van der Waals surface area contributed by atoms with Crippen molar-refractivity contribution in [2.24, 2.45) is 0 Å². The molecule has 1 aliphatic heterocycles. The van der Waals surface area contributed by atoms with E-state index in [0.717, 1.165) is 23.2 Å². The summed E-state index contributed by atoms with van der Waals surface area (Å²) in [6.07, 6.45) is 4.70. The van der Waals surface area contributed by atoms with Crippen LogP contribution in [0.5, 0.6) is 0 Å². The Hall–Kier alpha value is -2.95. The quantitative estimate of drug-likeness (QED) is 0.714. The average Bonchev–Trinajstić information content (AvgIpc) is 3.07. The lowest BCUT2D eigenvalue weighted by Gasteiger charge is -2.26. The topological polar surface area (TPSA) is 36.1 Å². The van der Waals surface area contributed by atoms with Crippen molar-refractivity contribution in [3.05, 3.63) is 77.0 Å². The second-order valence-corrected chi connectivity index (χ2v) is 6.55. The van der Waals surface area contributed by atoms with E-state index in [1.165, 1.54) is 22.6 Å². The number of halogens is 2. The fourth-order valence-corrected chi connectivity index (χ4v) is 3.50. The highest BCUT2D eigenvalue weighted by Crippen LogP contribution is 2.30. The Labute approximate surface area is 149 Å². The van der Waals surface area contributed by atoms with Gasteiger partial charge in [0.2, 0.25) is 0 Å². The van der Waals surface area contributed by atoms with Crippen LogP contribution in [0.2, 0.25) is 0 Å². The van der Waals surface area contributed by atoms with Crippen molar-refractivity contribution in [2.75, 3.05) is 13.1 Å². The number of benzene rings is 2. The van der Waals surface area contributed by atoms with Crippen LogP contribution < -0.4 is 0 Å². The van der Waals surface area contributed by atoms with Crippen molar-refractivity contribution in [1.82, 2.24) is 9.88 Å². The number of hydrogen-bond acceptors (Lipinski definition) is 1. The Kier molecular flexibility index (Phi) is 4.07. The fourth-order valence-electron chi connectivity index (χ4n) is 3.50. The van der Waals surface area contributed by atoms with Crippen molar-refractivity contribution in [1.29, 1.82) is 0 Å². The molecule has 0 radical (unpaired) electrons. The molecule has 0 spiro atoms. The van der Waals surface area contributed by atoms with Crippen molar-refractivity contribution < 1.29 is 13.6 Å². The van der Waals surface area contributed by atoms with Crippen LogP contribution >= 0.6 is 0 Å². The summed E-state index contributed by atoms with van der Waals surface area (Å²) in [6.45, 7) is 2.97. The summed E-state index contributed by atoms with van der Waals surface area (Å²) in [4.78, 5) is 17.4.